The quantitative estimate of drug-likeness (QED) is 0.773. The summed E-state index contributed by atoms with van der Waals surface area (Å²) in [6.07, 6.45) is 0.888. The van der Waals surface area contributed by atoms with Crippen molar-refractivity contribution in [3.63, 3.8) is 0 Å². The molecule has 1 heterocycles. The van der Waals surface area contributed by atoms with Crippen molar-refractivity contribution in [3.05, 3.63) is 52.6 Å². The highest BCUT2D eigenvalue weighted by Gasteiger charge is 2.35. The van der Waals surface area contributed by atoms with Gasteiger partial charge in [-0.3, -0.25) is 9.69 Å². The first-order chi connectivity index (χ1) is 14.9. The van der Waals surface area contributed by atoms with Crippen LogP contribution in [0.5, 0.6) is 11.5 Å². The first-order valence-electron chi connectivity index (χ1n) is 11.1. The fraction of sp³-hybridized carbons (Fsp3) is 0.480. The van der Waals surface area contributed by atoms with Crippen molar-refractivity contribution in [2.75, 3.05) is 44.7 Å². The molecule has 0 aromatic heterocycles. The van der Waals surface area contributed by atoms with E-state index >= 15 is 0 Å². The standard InChI is InChI=1S/C25H33N3O3/c1-16-12-18(3)25(30)23-21(16)13-17(2)24(23)26-22(29)15-27-8-10-28(11-9-27)19-6-5-7-20(14-19)31-4/h5-7,12,14,17,24,30H,8-11,13,15H2,1-4H3,(H,26,29). The van der Waals surface area contributed by atoms with Crippen LogP contribution in [0.3, 0.4) is 0 Å². The minimum Gasteiger partial charge on any atom is -0.507 e. The maximum atomic E-state index is 12.9. The summed E-state index contributed by atoms with van der Waals surface area (Å²) in [5.41, 5.74) is 5.33. The Morgan fingerprint density at radius 3 is 2.61 bits per heavy atom. The molecule has 1 saturated heterocycles. The number of piperazine rings is 1. The molecule has 6 heteroatoms. The predicted octanol–water partition coefficient (Wildman–Crippen LogP) is 3.19. The molecule has 2 aromatic carbocycles. The molecular formula is C25H33N3O3. The summed E-state index contributed by atoms with van der Waals surface area (Å²) in [6, 6.07) is 10.0. The van der Waals surface area contributed by atoms with Crippen molar-refractivity contribution in [3.8, 4) is 11.5 Å². The van der Waals surface area contributed by atoms with Crippen LogP contribution in [0.1, 0.15) is 35.2 Å². The lowest BCUT2D eigenvalue weighted by atomic mass is 9.98. The van der Waals surface area contributed by atoms with Gasteiger partial charge in [-0.15, -0.1) is 0 Å². The SMILES string of the molecule is COc1cccc(N2CCN(CC(=O)NC3c4c(O)c(C)cc(C)c4CC3C)CC2)c1. The number of benzene rings is 2. The van der Waals surface area contributed by atoms with E-state index in [1.165, 1.54) is 11.1 Å². The number of nitrogens with zero attached hydrogens (tertiary/aromatic N) is 2. The summed E-state index contributed by atoms with van der Waals surface area (Å²) in [5.74, 6) is 1.49. The van der Waals surface area contributed by atoms with Crippen LogP contribution in [-0.2, 0) is 11.2 Å². The van der Waals surface area contributed by atoms with E-state index in [1.807, 2.05) is 25.1 Å². The van der Waals surface area contributed by atoms with Gasteiger partial charge in [0.2, 0.25) is 5.91 Å². The number of aromatic hydroxyl groups is 1. The van der Waals surface area contributed by atoms with Crippen molar-refractivity contribution in [1.82, 2.24) is 10.2 Å². The van der Waals surface area contributed by atoms with Crippen LogP contribution in [0, 0.1) is 19.8 Å². The summed E-state index contributed by atoms with van der Waals surface area (Å²) in [4.78, 5) is 17.4. The number of carbonyl (C=O) groups is 1. The van der Waals surface area contributed by atoms with Gasteiger partial charge in [-0.05, 0) is 55.0 Å². The van der Waals surface area contributed by atoms with Gasteiger partial charge < -0.3 is 20.1 Å². The van der Waals surface area contributed by atoms with Crippen LogP contribution >= 0.6 is 0 Å². The van der Waals surface area contributed by atoms with Crippen LogP contribution in [-0.4, -0.2) is 55.7 Å². The number of nitrogens with one attached hydrogen (secondary N) is 1. The Labute approximate surface area is 184 Å². The Bertz CT molecular complexity index is 967. The smallest absolute Gasteiger partial charge is 0.234 e. The average molecular weight is 424 g/mol. The van der Waals surface area contributed by atoms with Gasteiger partial charge in [0.1, 0.15) is 11.5 Å². The molecule has 1 amide bonds. The zero-order valence-corrected chi connectivity index (χ0v) is 18.9. The molecule has 0 bridgehead atoms. The lowest BCUT2D eigenvalue weighted by molar-refractivity contribution is -0.123. The molecule has 1 aliphatic carbocycles. The molecule has 0 radical (unpaired) electrons. The van der Waals surface area contributed by atoms with Gasteiger partial charge >= 0.3 is 0 Å². The van der Waals surface area contributed by atoms with E-state index in [0.29, 0.717) is 12.3 Å². The Balaban J connectivity index is 1.36. The number of fused-ring (bicyclic) bond motifs is 1. The number of phenolic OH excluding ortho intramolecular Hbond substituents is 1. The van der Waals surface area contributed by atoms with Gasteiger partial charge in [0, 0.05) is 43.5 Å². The normalized spacial score (nSPS) is 21.1. The molecule has 4 rings (SSSR count). The lowest BCUT2D eigenvalue weighted by Crippen LogP contribution is -2.50. The molecule has 2 aliphatic rings. The van der Waals surface area contributed by atoms with Gasteiger partial charge in [-0.1, -0.05) is 19.1 Å². The number of phenols is 1. The molecule has 2 unspecified atom stereocenters. The van der Waals surface area contributed by atoms with E-state index in [-0.39, 0.29) is 17.9 Å². The van der Waals surface area contributed by atoms with Gasteiger partial charge in [-0.2, -0.15) is 0 Å². The zero-order valence-electron chi connectivity index (χ0n) is 18.9. The summed E-state index contributed by atoms with van der Waals surface area (Å²) in [6.45, 7) is 9.97. The molecule has 0 saturated carbocycles. The third-order valence-corrected chi connectivity index (χ3v) is 6.74. The van der Waals surface area contributed by atoms with Crippen molar-refractivity contribution < 1.29 is 14.6 Å². The molecule has 1 fully saturated rings. The third kappa shape index (κ3) is 4.35. The van der Waals surface area contributed by atoms with Crippen LogP contribution in [0.15, 0.2) is 30.3 Å². The molecule has 2 aromatic rings. The van der Waals surface area contributed by atoms with E-state index in [4.69, 9.17) is 4.74 Å². The summed E-state index contributed by atoms with van der Waals surface area (Å²) in [7, 11) is 1.68. The fourth-order valence-corrected chi connectivity index (χ4v) is 4.99. The third-order valence-electron chi connectivity index (χ3n) is 6.74. The van der Waals surface area contributed by atoms with Crippen molar-refractivity contribution >= 4 is 11.6 Å². The topological polar surface area (TPSA) is 65.0 Å². The second-order valence-electron chi connectivity index (χ2n) is 8.94. The summed E-state index contributed by atoms with van der Waals surface area (Å²) in [5, 5.41) is 13.9. The number of aryl methyl sites for hydroxylation is 2. The maximum absolute atomic E-state index is 12.9. The number of hydrogen-bond donors (Lipinski definition) is 2. The van der Waals surface area contributed by atoms with E-state index in [1.54, 1.807) is 7.11 Å². The van der Waals surface area contributed by atoms with Crippen molar-refractivity contribution in [1.29, 1.82) is 0 Å². The molecule has 0 spiro atoms. The number of rotatable bonds is 5. The molecule has 2 atom stereocenters. The first-order valence-corrected chi connectivity index (χ1v) is 11.1. The Morgan fingerprint density at radius 1 is 1.16 bits per heavy atom. The van der Waals surface area contributed by atoms with Gasteiger partial charge in [0.05, 0.1) is 19.7 Å². The number of amides is 1. The molecular weight excluding hydrogens is 390 g/mol. The first kappa shape index (κ1) is 21.5. The molecule has 2 N–H and O–H groups in total. The van der Waals surface area contributed by atoms with Gasteiger partial charge in [0.15, 0.2) is 0 Å². The largest absolute Gasteiger partial charge is 0.507 e. The summed E-state index contributed by atoms with van der Waals surface area (Å²) >= 11 is 0. The van der Waals surface area contributed by atoms with Crippen LogP contribution in [0.4, 0.5) is 5.69 Å². The van der Waals surface area contributed by atoms with Crippen molar-refractivity contribution in [2.45, 2.75) is 33.2 Å². The fourth-order valence-electron chi connectivity index (χ4n) is 4.99. The van der Waals surface area contributed by atoms with E-state index in [9.17, 15) is 9.90 Å². The van der Waals surface area contributed by atoms with Gasteiger partial charge in [-0.25, -0.2) is 0 Å². The van der Waals surface area contributed by atoms with Crippen molar-refractivity contribution in [2.24, 2.45) is 5.92 Å². The monoisotopic (exact) mass is 423 g/mol. The molecule has 166 valence electrons. The minimum absolute atomic E-state index is 0.0260. The second-order valence-corrected chi connectivity index (χ2v) is 8.94. The maximum Gasteiger partial charge on any atom is 0.234 e. The number of methoxy groups -OCH3 is 1. The van der Waals surface area contributed by atoms with Crippen LogP contribution < -0.4 is 15.0 Å². The second kappa shape index (κ2) is 8.79. The van der Waals surface area contributed by atoms with E-state index in [2.05, 4.69) is 41.1 Å². The Morgan fingerprint density at radius 2 is 1.90 bits per heavy atom. The molecule has 6 nitrogen and oxygen atoms in total. The van der Waals surface area contributed by atoms with E-state index in [0.717, 1.165) is 55.2 Å². The summed E-state index contributed by atoms with van der Waals surface area (Å²) < 4.78 is 5.33. The molecule has 31 heavy (non-hydrogen) atoms. The highest BCUT2D eigenvalue weighted by molar-refractivity contribution is 5.79. The lowest BCUT2D eigenvalue weighted by Gasteiger charge is -2.36. The number of carbonyl (C=O) groups excluding carboxylic acids is 1. The highest BCUT2D eigenvalue weighted by Crippen LogP contribution is 2.44. The Hall–Kier alpha value is -2.73. The zero-order chi connectivity index (χ0) is 22.1. The predicted molar refractivity (Wildman–Crippen MR) is 123 cm³/mol. The van der Waals surface area contributed by atoms with Crippen LogP contribution in [0.25, 0.3) is 0 Å². The van der Waals surface area contributed by atoms with Gasteiger partial charge in [0.25, 0.3) is 0 Å². The number of anilines is 1. The minimum atomic E-state index is -0.126. The average Bonchev–Trinajstić information content (AvgIpc) is 3.09. The Kier molecular flexibility index (Phi) is 6.10. The van der Waals surface area contributed by atoms with Crippen LogP contribution in [0.2, 0.25) is 0 Å². The number of ether oxygens (including phenoxy) is 1. The van der Waals surface area contributed by atoms with E-state index < -0.39 is 0 Å². The highest BCUT2D eigenvalue weighted by atomic mass is 16.5. The number of hydrogen-bond acceptors (Lipinski definition) is 5. The molecule has 1 aliphatic heterocycles.